The molecule has 0 saturated heterocycles. The zero-order valence-corrected chi connectivity index (χ0v) is 18.3. The third kappa shape index (κ3) is 4.62. The number of hydrogen-bond acceptors (Lipinski definition) is 11. The van der Waals surface area contributed by atoms with Crippen molar-refractivity contribution in [1.29, 1.82) is 0 Å². The van der Waals surface area contributed by atoms with Crippen molar-refractivity contribution in [2.75, 3.05) is 24.8 Å². The Morgan fingerprint density at radius 2 is 2.09 bits per heavy atom. The van der Waals surface area contributed by atoms with Gasteiger partial charge in [0.2, 0.25) is 11.6 Å². The normalized spacial score (nSPS) is 11.0. The number of aromatic nitrogens is 5. The molecule has 0 aliphatic carbocycles. The third-order valence-electron chi connectivity index (χ3n) is 4.84. The largest absolute Gasteiger partial charge is 0.504 e. The number of anilines is 2. The van der Waals surface area contributed by atoms with E-state index in [1.165, 1.54) is 24.1 Å². The lowest BCUT2D eigenvalue weighted by molar-refractivity contribution is 0.0949. The van der Waals surface area contributed by atoms with E-state index in [9.17, 15) is 9.90 Å². The number of hydrogen-bond donors (Lipinski definition) is 3. The average Bonchev–Trinajstić information content (AvgIpc) is 3.45. The number of methoxy groups -OCH3 is 1. The predicted octanol–water partition coefficient (Wildman–Crippen LogP) is 1.35. The van der Waals surface area contributed by atoms with Crippen molar-refractivity contribution in [3.63, 3.8) is 0 Å². The second-order valence-corrected chi connectivity index (χ2v) is 7.09. The lowest BCUT2D eigenvalue weighted by Gasteiger charge is -2.19. The van der Waals surface area contributed by atoms with Gasteiger partial charge in [0.25, 0.3) is 5.91 Å². The monoisotopic (exact) mass is 463 g/mol. The number of phenolic OH excluding ortho intramolecular Hbond substituents is 1. The van der Waals surface area contributed by atoms with Crippen molar-refractivity contribution < 1.29 is 19.3 Å². The number of phenols is 1. The molecular formula is C21H21N9O4. The Bertz CT molecular complexity index is 1320. The molecule has 0 unspecified atom stereocenters. The molecule has 2 aromatic carbocycles. The van der Waals surface area contributed by atoms with E-state index in [1.807, 2.05) is 42.3 Å². The van der Waals surface area contributed by atoms with E-state index >= 15 is 0 Å². The fraction of sp³-hybridized carbons (Fsp3) is 0.143. The van der Waals surface area contributed by atoms with Gasteiger partial charge in [-0.2, -0.15) is 9.78 Å². The van der Waals surface area contributed by atoms with Crippen molar-refractivity contribution in [2.45, 2.75) is 6.54 Å². The first kappa shape index (κ1) is 22.3. The highest BCUT2D eigenvalue weighted by Gasteiger charge is 2.25. The summed E-state index contributed by atoms with van der Waals surface area (Å²) in [6.45, 7) is 0.238. The Balaban J connectivity index is 1.59. The van der Waals surface area contributed by atoms with E-state index in [4.69, 9.17) is 10.5 Å². The lowest BCUT2D eigenvalue weighted by atomic mass is 10.2. The summed E-state index contributed by atoms with van der Waals surface area (Å²) in [6, 6.07) is 14.3. The number of benzene rings is 2. The van der Waals surface area contributed by atoms with Gasteiger partial charge in [-0.1, -0.05) is 23.4 Å². The summed E-state index contributed by atoms with van der Waals surface area (Å²) in [5.74, 6) is -0.220. The highest BCUT2D eigenvalue weighted by Crippen LogP contribution is 2.25. The minimum atomic E-state index is -0.605. The topological polar surface area (TPSA) is 170 Å². The first-order chi connectivity index (χ1) is 16.5. The van der Waals surface area contributed by atoms with E-state index in [2.05, 4.69) is 35.8 Å². The molecule has 34 heavy (non-hydrogen) atoms. The second kappa shape index (κ2) is 9.68. The number of nitrogen functional groups attached to an aromatic ring is 1. The maximum absolute atomic E-state index is 12.9. The van der Waals surface area contributed by atoms with Gasteiger partial charge < -0.3 is 20.5 Å². The summed E-state index contributed by atoms with van der Waals surface area (Å²) in [5.41, 5.74) is 10.1. The van der Waals surface area contributed by atoms with Crippen molar-refractivity contribution in [3.8, 4) is 17.3 Å². The van der Waals surface area contributed by atoms with Gasteiger partial charge in [-0.05, 0) is 46.2 Å². The second-order valence-electron chi connectivity index (χ2n) is 7.09. The van der Waals surface area contributed by atoms with E-state index < -0.39 is 5.91 Å². The SMILES string of the molecule is COc1ccc(/C=N/NC(=O)c2nnn(-c3nonc3N)c2CN(C)c2ccccc2)cc1O. The Kier molecular flexibility index (Phi) is 6.34. The molecule has 0 aliphatic heterocycles. The Labute approximate surface area is 193 Å². The van der Waals surface area contributed by atoms with Crippen LogP contribution < -0.4 is 20.8 Å². The van der Waals surface area contributed by atoms with Crippen LogP contribution in [0.15, 0.2) is 58.3 Å². The number of carbonyl (C=O) groups is 1. The van der Waals surface area contributed by atoms with Gasteiger partial charge in [-0.25, -0.2) is 10.1 Å². The molecule has 0 radical (unpaired) electrons. The number of amides is 1. The van der Waals surface area contributed by atoms with Gasteiger partial charge in [0.05, 0.1) is 25.6 Å². The first-order valence-corrected chi connectivity index (χ1v) is 9.97. The van der Waals surface area contributed by atoms with Crippen molar-refractivity contribution in [2.24, 2.45) is 5.10 Å². The summed E-state index contributed by atoms with van der Waals surface area (Å²) in [5, 5.41) is 29.2. The Morgan fingerprint density at radius 1 is 1.29 bits per heavy atom. The molecule has 2 aromatic heterocycles. The molecule has 4 aromatic rings. The molecule has 0 saturated carbocycles. The number of carbonyl (C=O) groups excluding carboxylic acids is 1. The molecule has 4 N–H and O–H groups in total. The molecule has 0 atom stereocenters. The summed E-state index contributed by atoms with van der Waals surface area (Å²) in [6.07, 6.45) is 1.37. The van der Waals surface area contributed by atoms with Crippen LogP contribution in [0.1, 0.15) is 21.7 Å². The molecule has 4 rings (SSSR count). The smallest absolute Gasteiger partial charge is 0.293 e. The molecule has 0 bridgehead atoms. The maximum atomic E-state index is 12.9. The van der Waals surface area contributed by atoms with Crippen LogP contribution >= 0.6 is 0 Å². The zero-order valence-electron chi connectivity index (χ0n) is 18.3. The standard InChI is InChI=1S/C21H21N9O4/c1-29(14-6-4-3-5-7-14)12-15-18(24-28-30(15)20-19(22)26-34-27-20)21(32)25-23-11-13-8-9-17(33-2)16(31)10-13/h3-11,31H,12H2,1-2H3,(H2,22,26)(H,25,32)/b23-11+. The highest BCUT2D eigenvalue weighted by atomic mass is 16.6. The zero-order chi connectivity index (χ0) is 24.1. The highest BCUT2D eigenvalue weighted by molar-refractivity contribution is 5.94. The van der Waals surface area contributed by atoms with Gasteiger partial charge in [-0.15, -0.1) is 5.10 Å². The molecule has 13 heteroatoms. The third-order valence-corrected chi connectivity index (χ3v) is 4.84. The molecule has 0 spiro atoms. The van der Waals surface area contributed by atoms with Gasteiger partial charge in [0.15, 0.2) is 17.2 Å². The van der Waals surface area contributed by atoms with Gasteiger partial charge in [0.1, 0.15) is 0 Å². The molecule has 13 nitrogen and oxygen atoms in total. The van der Waals surface area contributed by atoms with E-state index in [-0.39, 0.29) is 29.6 Å². The van der Waals surface area contributed by atoms with Crippen LogP contribution in [0.2, 0.25) is 0 Å². The van der Waals surface area contributed by atoms with Crippen LogP contribution in [0.3, 0.4) is 0 Å². The summed E-state index contributed by atoms with van der Waals surface area (Å²) in [7, 11) is 3.30. The molecule has 0 fully saturated rings. The summed E-state index contributed by atoms with van der Waals surface area (Å²) < 4.78 is 11.0. The number of hydrazone groups is 1. The maximum Gasteiger partial charge on any atom is 0.293 e. The first-order valence-electron chi connectivity index (χ1n) is 9.97. The number of nitrogens with zero attached hydrogens (tertiary/aromatic N) is 7. The van der Waals surface area contributed by atoms with Gasteiger partial charge >= 0.3 is 0 Å². The van der Waals surface area contributed by atoms with Crippen LogP contribution in [0, 0.1) is 0 Å². The number of aromatic hydroxyl groups is 1. The van der Waals surface area contributed by atoms with Crippen LogP contribution in [-0.2, 0) is 6.54 Å². The van der Waals surface area contributed by atoms with Crippen molar-refractivity contribution in [3.05, 3.63) is 65.5 Å². The summed E-state index contributed by atoms with van der Waals surface area (Å²) in [4.78, 5) is 14.8. The van der Waals surface area contributed by atoms with Crippen LogP contribution in [0.5, 0.6) is 11.5 Å². The Hall–Kier alpha value is -4.94. The number of nitrogens with two attached hydrogens (primary N) is 1. The molecular weight excluding hydrogens is 442 g/mol. The van der Waals surface area contributed by atoms with Crippen molar-refractivity contribution in [1.82, 2.24) is 30.7 Å². The van der Waals surface area contributed by atoms with Crippen LogP contribution in [0.25, 0.3) is 5.82 Å². The molecule has 2 heterocycles. The fourth-order valence-electron chi connectivity index (χ4n) is 3.13. The molecule has 0 aliphatic rings. The summed E-state index contributed by atoms with van der Waals surface area (Å²) >= 11 is 0. The van der Waals surface area contributed by atoms with E-state index in [0.717, 1.165) is 5.69 Å². The van der Waals surface area contributed by atoms with Crippen LogP contribution in [-0.4, -0.2) is 56.7 Å². The van der Waals surface area contributed by atoms with Crippen LogP contribution in [0.4, 0.5) is 11.5 Å². The quantitative estimate of drug-likeness (QED) is 0.256. The number of nitrogens with one attached hydrogen (secondary N) is 1. The Morgan fingerprint density at radius 3 is 2.76 bits per heavy atom. The van der Waals surface area contributed by atoms with Crippen molar-refractivity contribution >= 4 is 23.6 Å². The van der Waals surface area contributed by atoms with Gasteiger partial charge in [0, 0.05) is 12.7 Å². The van der Waals surface area contributed by atoms with E-state index in [1.54, 1.807) is 12.1 Å². The predicted molar refractivity (Wildman–Crippen MR) is 122 cm³/mol. The fourth-order valence-corrected chi connectivity index (χ4v) is 3.13. The number of ether oxygens (including phenoxy) is 1. The van der Waals surface area contributed by atoms with Gasteiger partial charge in [-0.3, -0.25) is 4.79 Å². The number of para-hydroxylation sites is 1. The molecule has 174 valence electrons. The molecule has 1 amide bonds. The van der Waals surface area contributed by atoms with E-state index in [0.29, 0.717) is 17.0 Å². The number of rotatable bonds is 8. The minimum Gasteiger partial charge on any atom is -0.504 e. The average molecular weight is 463 g/mol. The minimum absolute atomic E-state index is 0.00203. The lowest BCUT2D eigenvalue weighted by Crippen LogP contribution is -2.24.